The summed E-state index contributed by atoms with van der Waals surface area (Å²) in [7, 11) is 2.14. The molecule has 6 rings (SSSR count). The quantitative estimate of drug-likeness (QED) is 0.280. The van der Waals surface area contributed by atoms with Crippen molar-refractivity contribution >= 4 is 22.5 Å². The zero-order valence-corrected chi connectivity index (χ0v) is 22.5. The van der Waals surface area contributed by atoms with Crippen molar-refractivity contribution in [1.29, 1.82) is 0 Å². The Bertz CT molecular complexity index is 1780. The van der Waals surface area contributed by atoms with Gasteiger partial charge in [-0.3, -0.25) is 19.2 Å². The van der Waals surface area contributed by atoms with E-state index < -0.39 is 17.5 Å². The van der Waals surface area contributed by atoms with Gasteiger partial charge in [-0.25, -0.2) is 8.78 Å². The summed E-state index contributed by atoms with van der Waals surface area (Å²) in [4.78, 5) is 36.5. The largest absolute Gasteiger partial charge is 0.354 e. The Balaban J connectivity index is 1.16. The van der Waals surface area contributed by atoms with Crippen LogP contribution in [0, 0.1) is 11.6 Å². The molecule has 1 aliphatic heterocycles. The second-order valence-corrected chi connectivity index (χ2v) is 10.4. The van der Waals surface area contributed by atoms with Gasteiger partial charge >= 0.3 is 0 Å². The van der Waals surface area contributed by atoms with E-state index in [0.717, 1.165) is 55.8 Å². The number of aromatic amines is 2. The van der Waals surface area contributed by atoms with Crippen LogP contribution < -0.4 is 10.9 Å². The first-order chi connectivity index (χ1) is 19.8. The van der Waals surface area contributed by atoms with E-state index >= 15 is 0 Å². The van der Waals surface area contributed by atoms with Crippen LogP contribution in [0.2, 0.25) is 0 Å². The molecule has 0 atom stereocenters. The number of H-pyrrole nitrogens is 2. The highest BCUT2D eigenvalue weighted by atomic mass is 19.2. The number of nitrogens with one attached hydrogen (secondary N) is 3. The van der Waals surface area contributed by atoms with Crippen LogP contribution in [0.1, 0.15) is 21.5 Å². The molecule has 5 aromatic rings. The van der Waals surface area contributed by atoms with Gasteiger partial charge in [-0.15, -0.1) is 0 Å². The summed E-state index contributed by atoms with van der Waals surface area (Å²) in [5.74, 6) is -2.28. The first-order valence-electron chi connectivity index (χ1n) is 13.3. The van der Waals surface area contributed by atoms with Crippen LogP contribution in [0.3, 0.4) is 0 Å². The third kappa shape index (κ3) is 5.96. The lowest BCUT2D eigenvalue weighted by molar-refractivity contribution is 0.102. The number of benzene rings is 2. The summed E-state index contributed by atoms with van der Waals surface area (Å²) in [5, 5.41) is 7.94. The first kappa shape index (κ1) is 26.6. The number of piperazine rings is 1. The van der Waals surface area contributed by atoms with Crippen LogP contribution in [0.15, 0.2) is 71.9 Å². The predicted molar refractivity (Wildman–Crippen MR) is 153 cm³/mol. The molecule has 1 fully saturated rings. The second kappa shape index (κ2) is 11.1. The number of anilines is 1. The van der Waals surface area contributed by atoms with Crippen molar-refractivity contribution in [2.45, 2.75) is 13.1 Å². The number of carbonyl (C=O) groups is 1. The maximum atomic E-state index is 13.5. The second-order valence-electron chi connectivity index (χ2n) is 10.4. The van der Waals surface area contributed by atoms with E-state index in [1.165, 1.54) is 28.7 Å². The molecular weight excluding hydrogens is 528 g/mol. The Morgan fingerprint density at radius 3 is 2.56 bits per heavy atom. The van der Waals surface area contributed by atoms with E-state index in [4.69, 9.17) is 0 Å². The Morgan fingerprint density at radius 1 is 0.976 bits per heavy atom. The molecule has 0 spiro atoms. The molecule has 11 heteroatoms. The molecule has 0 bridgehead atoms. The minimum atomic E-state index is -0.932. The standard InChI is InChI=1S/C30H29F2N7O2/c1-37-6-8-38(9-7-37)16-19-3-5-27-21(10-19)13-28(36-27)24-12-22(14-33-30(24)41)29(40)35-23-15-34-39(18-23)17-20-2-4-25(31)26(32)11-20/h2-5,10-15,18,36H,6-9,16-17H2,1H3,(H,33,41)(H,35,40). The van der Waals surface area contributed by atoms with E-state index in [0.29, 0.717) is 22.5 Å². The molecule has 4 heterocycles. The van der Waals surface area contributed by atoms with Gasteiger partial charge in [0, 0.05) is 56.0 Å². The maximum Gasteiger partial charge on any atom is 0.257 e. The number of hydrogen-bond acceptors (Lipinski definition) is 5. The number of nitrogens with zero attached hydrogens (tertiary/aromatic N) is 4. The van der Waals surface area contributed by atoms with Crippen molar-refractivity contribution < 1.29 is 13.6 Å². The SMILES string of the molecule is CN1CCN(Cc2ccc3[nH]c(-c4cc(C(=O)Nc5cnn(Cc6ccc(F)c(F)c6)c5)c[nH]c4=O)cc3c2)CC1. The van der Waals surface area contributed by atoms with Gasteiger partial charge in [0.1, 0.15) is 0 Å². The van der Waals surface area contributed by atoms with Gasteiger partial charge < -0.3 is 20.2 Å². The Labute approximate surface area is 234 Å². The molecule has 210 valence electrons. The third-order valence-corrected chi connectivity index (χ3v) is 7.36. The van der Waals surface area contributed by atoms with Crippen molar-refractivity contribution in [1.82, 2.24) is 29.5 Å². The van der Waals surface area contributed by atoms with Crippen LogP contribution in [0.4, 0.5) is 14.5 Å². The number of amides is 1. The number of aromatic nitrogens is 4. The molecule has 2 aromatic carbocycles. The molecule has 1 saturated heterocycles. The molecule has 9 nitrogen and oxygen atoms in total. The fraction of sp³-hybridized carbons (Fsp3) is 0.233. The molecule has 3 aromatic heterocycles. The average molecular weight is 558 g/mol. The minimum absolute atomic E-state index is 0.202. The molecule has 1 amide bonds. The van der Waals surface area contributed by atoms with Crippen LogP contribution in [-0.4, -0.2) is 68.7 Å². The smallest absolute Gasteiger partial charge is 0.257 e. The lowest BCUT2D eigenvalue weighted by Crippen LogP contribution is -2.43. The lowest BCUT2D eigenvalue weighted by atomic mass is 10.1. The summed E-state index contributed by atoms with van der Waals surface area (Å²) >= 11 is 0. The molecule has 0 unspecified atom stereocenters. The van der Waals surface area contributed by atoms with Crippen molar-refractivity contribution in [2.75, 3.05) is 38.5 Å². The van der Waals surface area contributed by atoms with E-state index in [2.05, 4.69) is 49.4 Å². The molecule has 0 radical (unpaired) electrons. The van der Waals surface area contributed by atoms with E-state index in [9.17, 15) is 18.4 Å². The number of pyridine rings is 1. The van der Waals surface area contributed by atoms with E-state index in [1.54, 1.807) is 12.3 Å². The van der Waals surface area contributed by atoms with Crippen LogP contribution in [0.25, 0.3) is 22.2 Å². The monoisotopic (exact) mass is 557 g/mol. The van der Waals surface area contributed by atoms with Gasteiger partial charge in [0.25, 0.3) is 11.5 Å². The van der Waals surface area contributed by atoms with Crippen LogP contribution in [0.5, 0.6) is 0 Å². The van der Waals surface area contributed by atoms with Crippen LogP contribution in [-0.2, 0) is 13.1 Å². The van der Waals surface area contributed by atoms with Gasteiger partial charge in [-0.1, -0.05) is 12.1 Å². The highest BCUT2D eigenvalue weighted by Gasteiger charge is 2.16. The zero-order chi connectivity index (χ0) is 28.5. The summed E-state index contributed by atoms with van der Waals surface area (Å²) in [6.07, 6.45) is 4.41. The fourth-order valence-electron chi connectivity index (χ4n) is 5.05. The van der Waals surface area contributed by atoms with Gasteiger partial charge in [-0.05, 0) is 54.6 Å². The van der Waals surface area contributed by atoms with Crippen molar-refractivity contribution in [3.05, 3.63) is 106 Å². The van der Waals surface area contributed by atoms with Gasteiger partial charge in [-0.2, -0.15) is 5.10 Å². The number of rotatable bonds is 7. The van der Waals surface area contributed by atoms with Gasteiger partial charge in [0.2, 0.25) is 0 Å². The molecule has 1 aliphatic rings. The Kier molecular flexibility index (Phi) is 7.21. The summed E-state index contributed by atoms with van der Waals surface area (Å²) in [6, 6.07) is 13.4. The number of fused-ring (bicyclic) bond motifs is 1. The maximum absolute atomic E-state index is 13.5. The zero-order valence-electron chi connectivity index (χ0n) is 22.5. The average Bonchev–Trinajstić information content (AvgIpc) is 3.58. The van der Waals surface area contributed by atoms with Crippen molar-refractivity contribution in [3.63, 3.8) is 0 Å². The minimum Gasteiger partial charge on any atom is -0.354 e. The van der Waals surface area contributed by atoms with Crippen LogP contribution >= 0.6 is 0 Å². The summed E-state index contributed by atoms with van der Waals surface area (Å²) in [5.41, 5.74) is 3.98. The third-order valence-electron chi connectivity index (χ3n) is 7.36. The van der Waals surface area contributed by atoms with Gasteiger partial charge in [0.05, 0.1) is 35.2 Å². The lowest BCUT2D eigenvalue weighted by Gasteiger charge is -2.32. The number of halogens is 2. The number of carbonyl (C=O) groups excluding carboxylic acids is 1. The predicted octanol–water partition coefficient (Wildman–Crippen LogP) is 4.05. The normalized spacial score (nSPS) is 14.5. The van der Waals surface area contributed by atoms with Crippen molar-refractivity contribution in [3.8, 4) is 11.3 Å². The summed E-state index contributed by atoms with van der Waals surface area (Å²) in [6.45, 7) is 5.26. The number of hydrogen-bond donors (Lipinski definition) is 3. The molecule has 41 heavy (non-hydrogen) atoms. The van der Waals surface area contributed by atoms with Gasteiger partial charge in [0.15, 0.2) is 11.6 Å². The Hall–Kier alpha value is -4.61. The van der Waals surface area contributed by atoms with Crippen molar-refractivity contribution in [2.24, 2.45) is 0 Å². The highest BCUT2D eigenvalue weighted by molar-refractivity contribution is 6.04. The first-order valence-corrected chi connectivity index (χ1v) is 13.3. The topological polar surface area (TPSA) is 102 Å². The summed E-state index contributed by atoms with van der Waals surface area (Å²) < 4.78 is 28.2. The Morgan fingerprint density at radius 2 is 1.76 bits per heavy atom. The van der Waals surface area contributed by atoms with E-state index in [-0.39, 0.29) is 17.7 Å². The fourth-order valence-corrected chi connectivity index (χ4v) is 5.05. The molecular formula is C30H29F2N7O2. The molecule has 0 saturated carbocycles. The highest BCUT2D eigenvalue weighted by Crippen LogP contribution is 2.24. The van der Waals surface area contributed by atoms with E-state index in [1.807, 2.05) is 12.1 Å². The number of likely N-dealkylation sites (N-methyl/N-ethyl adjacent to an activating group) is 1. The molecule has 0 aliphatic carbocycles. The molecule has 3 N–H and O–H groups in total.